The first-order valence-electron chi connectivity index (χ1n) is 6.14. The van der Waals surface area contributed by atoms with Gasteiger partial charge in [-0.25, -0.2) is 13.1 Å². The summed E-state index contributed by atoms with van der Waals surface area (Å²) in [4.78, 5) is 0. The van der Waals surface area contributed by atoms with E-state index >= 15 is 0 Å². The third kappa shape index (κ3) is 3.49. The molecule has 0 saturated heterocycles. The summed E-state index contributed by atoms with van der Waals surface area (Å²) in [5.74, 6) is 0. The van der Waals surface area contributed by atoms with Crippen LogP contribution in [-0.2, 0) is 10.0 Å². The fourth-order valence-corrected chi connectivity index (χ4v) is 5.25. The zero-order chi connectivity index (χ0) is 14.9. The van der Waals surface area contributed by atoms with Crippen molar-refractivity contribution in [2.75, 3.05) is 0 Å². The van der Waals surface area contributed by atoms with Gasteiger partial charge in [0.1, 0.15) is 4.21 Å². The van der Waals surface area contributed by atoms with Crippen LogP contribution in [0.1, 0.15) is 29.7 Å². The van der Waals surface area contributed by atoms with E-state index in [2.05, 4.69) is 20.7 Å². The molecular weight excluding hydrogens is 358 g/mol. The summed E-state index contributed by atoms with van der Waals surface area (Å²) in [5.41, 5.74) is 3.03. The summed E-state index contributed by atoms with van der Waals surface area (Å²) in [6.07, 6.45) is 0. The molecule has 0 aliphatic heterocycles. The number of rotatable bonds is 4. The Bertz CT molecular complexity index is 686. The van der Waals surface area contributed by atoms with Crippen molar-refractivity contribution in [2.45, 2.75) is 31.0 Å². The van der Waals surface area contributed by atoms with Crippen LogP contribution in [0.4, 0.5) is 0 Å². The van der Waals surface area contributed by atoms with Crippen LogP contribution in [0.25, 0.3) is 0 Å². The second-order valence-corrected chi connectivity index (χ2v) is 9.09. The molecule has 1 N–H and O–H groups in total. The molecule has 1 aromatic carbocycles. The minimum atomic E-state index is -3.48. The number of aryl methyl sites for hydroxylation is 2. The summed E-state index contributed by atoms with van der Waals surface area (Å²) in [6, 6.07) is 9.26. The highest BCUT2D eigenvalue weighted by molar-refractivity contribution is 9.11. The van der Waals surface area contributed by atoms with Crippen molar-refractivity contribution in [3.05, 3.63) is 50.8 Å². The number of nitrogens with one attached hydrogen (secondary N) is 1. The molecule has 3 nitrogen and oxygen atoms in total. The first-order valence-corrected chi connectivity index (χ1v) is 9.23. The van der Waals surface area contributed by atoms with Gasteiger partial charge in [0, 0.05) is 6.04 Å². The molecule has 0 fully saturated rings. The van der Waals surface area contributed by atoms with Crippen molar-refractivity contribution in [2.24, 2.45) is 0 Å². The summed E-state index contributed by atoms with van der Waals surface area (Å²) in [5, 5.41) is 0. The maximum absolute atomic E-state index is 12.3. The second-order valence-electron chi connectivity index (χ2n) is 4.78. The van der Waals surface area contributed by atoms with E-state index in [1.807, 2.05) is 45.0 Å². The lowest BCUT2D eigenvalue weighted by Crippen LogP contribution is -2.26. The first kappa shape index (κ1) is 15.7. The topological polar surface area (TPSA) is 46.2 Å². The highest BCUT2D eigenvalue weighted by Gasteiger charge is 2.21. The highest BCUT2D eigenvalue weighted by atomic mass is 79.9. The summed E-state index contributed by atoms with van der Waals surface area (Å²) >= 11 is 4.58. The van der Waals surface area contributed by atoms with Gasteiger partial charge in [0.25, 0.3) is 10.0 Å². The number of thiophene rings is 1. The van der Waals surface area contributed by atoms with E-state index in [9.17, 15) is 8.42 Å². The number of sulfonamides is 1. The number of hydrogen-bond donors (Lipinski definition) is 1. The standard InChI is InChI=1S/C14H16BrNO2S2/c1-9-4-6-12(7-5-9)11(3)16-20(17,18)13-8-10(2)14(15)19-13/h4-8,11,16H,1-3H3. The summed E-state index contributed by atoms with van der Waals surface area (Å²) < 4.78 is 28.5. The van der Waals surface area contributed by atoms with Gasteiger partial charge in [0.15, 0.2) is 0 Å². The fraction of sp³-hybridized carbons (Fsp3) is 0.286. The molecule has 6 heteroatoms. The quantitative estimate of drug-likeness (QED) is 0.873. The predicted molar refractivity (Wildman–Crippen MR) is 86.7 cm³/mol. The van der Waals surface area contributed by atoms with Gasteiger partial charge in [0.05, 0.1) is 3.79 Å². The first-order chi connectivity index (χ1) is 9.29. The normalized spacial score (nSPS) is 13.4. The van der Waals surface area contributed by atoms with Gasteiger partial charge < -0.3 is 0 Å². The Hall–Kier alpha value is -0.690. The number of benzene rings is 1. The van der Waals surface area contributed by atoms with E-state index in [-0.39, 0.29) is 6.04 Å². The van der Waals surface area contributed by atoms with Crippen LogP contribution in [0.5, 0.6) is 0 Å². The van der Waals surface area contributed by atoms with Crippen LogP contribution >= 0.6 is 27.3 Å². The average molecular weight is 374 g/mol. The van der Waals surface area contributed by atoms with Crippen LogP contribution in [-0.4, -0.2) is 8.42 Å². The van der Waals surface area contributed by atoms with E-state index in [0.717, 1.165) is 20.5 Å². The largest absolute Gasteiger partial charge is 0.250 e. The molecule has 0 amide bonds. The average Bonchev–Trinajstić information content (AvgIpc) is 2.71. The van der Waals surface area contributed by atoms with E-state index in [4.69, 9.17) is 0 Å². The second kappa shape index (κ2) is 5.97. The molecule has 2 aromatic rings. The zero-order valence-corrected chi connectivity index (χ0v) is 14.7. The molecule has 0 bridgehead atoms. The molecule has 0 aliphatic carbocycles. The third-order valence-electron chi connectivity index (χ3n) is 3.01. The fourth-order valence-electron chi connectivity index (χ4n) is 1.78. The van der Waals surface area contributed by atoms with Gasteiger partial charge in [-0.3, -0.25) is 0 Å². The lowest BCUT2D eigenvalue weighted by molar-refractivity contribution is 0.569. The molecule has 20 heavy (non-hydrogen) atoms. The van der Waals surface area contributed by atoms with Gasteiger partial charge in [-0.05, 0) is 53.9 Å². The Kier molecular flexibility index (Phi) is 4.69. The molecule has 1 atom stereocenters. The molecule has 2 rings (SSSR count). The maximum Gasteiger partial charge on any atom is 0.250 e. The lowest BCUT2D eigenvalue weighted by Gasteiger charge is -2.14. The van der Waals surface area contributed by atoms with Crippen molar-refractivity contribution < 1.29 is 8.42 Å². The number of hydrogen-bond acceptors (Lipinski definition) is 3. The molecule has 0 radical (unpaired) electrons. The molecule has 0 saturated carbocycles. The van der Waals surface area contributed by atoms with Crippen molar-refractivity contribution >= 4 is 37.3 Å². The molecule has 1 unspecified atom stereocenters. The highest BCUT2D eigenvalue weighted by Crippen LogP contribution is 2.31. The van der Waals surface area contributed by atoms with Gasteiger partial charge in [0.2, 0.25) is 0 Å². The van der Waals surface area contributed by atoms with Crippen molar-refractivity contribution in [1.29, 1.82) is 0 Å². The Morgan fingerprint density at radius 2 is 1.80 bits per heavy atom. The van der Waals surface area contributed by atoms with Crippen molar-refractivity contribution in [3.63, 3.8) is 0 Å². The Balaban J connectivity index is 2.21. The van der Waals surface area contributed by atoms with E-state index in [1.54, 1.807) is 6.07 Å². The van der Waals surface area contributed by atoms with E-state index in [1.165, 1.54) is 11.3 Å². The zero-order valence-electron chi connectivity index (χ0n) is 11.5. The van der Waals surface area contributed by atoms with Crippen LogP contribution in [0.15, 0.2) is 38.3 Å². The van der Waals surface area contributed by atoms with Crippen LogP contribution < -0.4 is 4.72 Å². The summed E-state index contributed by atoms with van der Waals surface area (Å²) in [6.45, 7) is 5.73. The minimum Gasteiger partial charge on any atom is -0.206 e. The Morgan fingerprint density at radius 1 is 1.20 bits per heavy atom. The third-order valence-corrected chi connectivity index (χ3v) is 7.16. The predicted octanol–water partition coefficient (Wildman–Crippen LogP) is 4.17. The van der Waals surface area contributed by atoms with E-state index < -0.39 is 10.0 Å². The molecule has 0 spiro atoms. The van der Waals surface area contributed by atoms with Gasteiger partial charge in [-0.2, -0.15) is 0 Å². The van der Waals surface area contributed by atoms with Crippen LogP contribution in [0.3, 0.4) is 0 Å². The minimum absolute atomic E-state index is 0.262. The van der Waals surface area contributed by atoms with Crippen molar-refractivity contribution in [1.82, 2.24) is 4.72 Å². The number of halogens is 1. The monoisotopic (exact) mass is 373 g/mol. The van der Waals surface area contributed by atoms with Gasteiger partial charge >= 0.3 is 0 Å². The van der Waals surface area contributed by atoms with Gasteiger partial charge in [-0.1, -0.05) is 29.8 Å². The molecule has 0 aliphatic rings. The van der Waals surface area contributed by atoms with Gasteiger partial charge in [-0.15, -0.1) is 11.3 Å². The Labute approximate surface area is 132 Å². The van der Waals surface area contributed by atoms with E-state index in [0.29, 0.717) is 4.21 Å². The molecule has 1 aromatic heterocycles. The molecule has 108 valence electrons. The maximum atomic E-state index is 12.3. The Morgan fingerprint density at radius 3 is 2.30 bits per heavy atom. The summed E-state index contributed by atoms with van der Waals surface area (Å²) in [7, 11) is -3.48. The van der Waals surface area contributed by atoms with Crippen LogP contribution in [0.2, 0.25) is 0 Å². The molecule has 1 heterocycles. The lowest BCUT2D eigenvalue weighted by atomic mass is 10.1. The molecular formula is C14H16BrNO2S2. The smallest absolute Gasteiger partial charge is 0.206 e. The van der Waals surface area contributed by atoms with Crippen molar-refractivity contribution in [3.8, 4) is 0 Å². The SMILES string of the molecule is Cc1ccc(C(C)NS(=O)(=O)c2cc(C)c(Br)s2)cc1. The van der Waals surface area contributed by atoms with Crippen LogP contribution in [0, 0.1) is 13.8 Å².